The lowest BCUT2D eigenvalue weighted by Crippen LogP contribution is -2.18. The lowest BCUT2D eigenvalue weighted by atomic mass is 10.3. The van der Waals surface area contributed by atoms with Crippen LogP contribution >= 0.6 is 18.2 Å². The Labute approximate surface area is 88.7 Å². The van der Waals surface area contributed by atoms with E-state index in [1.165, 1.54) is 0 Å². The van der Waals surface area contributed by atoms with Crippen LogP contribution in [0, 0.1) is 0 Å². The van der Waals surface area contributed by atoms with Crippen molar-refractivity contribution in [1.29, 1.82) is 0 Å². The highest BCUT2D eigenvalue weighted by molar-refractivity contribution is 8.54. The Morgan fingerprint density at radius 2 is 1.86 bits per heavy atom. The Balaban J connectivity index is 3.03. The zero-order valence-electron chi connectivity index (χ0n) is 8.19. The van der Waals surface area contributed by atoms with E-state index < -0.39 is 6.80 Å². The summed E-state index contributed by atoms with van der Waals surface area (Å²) in [4.78, 5) is 17.1. The van der Waals surface area contributed by atoms with Crippen LogP contribution in [0.3, 0.4) is 0 Å². The third-order valence-corrected chi connectivity index (χ3v) is 3.93. The molecule has 14 heavy (non-hydrogen) atoms. The summed E-state index contributed by atoms with van der Waals surface area (Å²) in [6, 6.07) is 0. The molecule has 0 bridgehead atoms. The monoisotopic (exact) mass is 242 g/mol. The van der Waals surface area contributed by atoms with Crippen molar-refractivity contribution in [3.63, 3.8) is 0 Å². The van der Waals surface area contributed by atoms with E-state index in [2.05, 4.69) is 5.32 Å². The standard InChI is InChI=1S/C7H19N2O3PS/c8-4-1-2-5-9-6-3-7-14-13(10,11)12/h9H,1-8H2,(H2,10,11,12). The number of hydrogen-bond acceptors (Lipinski definition) is 4. The minimum absolute atomic E-state index is 0.494. The molecule has 5 nitrogen and oxygen atoms in total. The fraction of sp³-hybridized carbons (Fsp3) is 1.00. The molecule has 0 saturated carbocycles. The molecule has 0 heterocycles. The van der Waals surface area contributed by atoms with Crippen molar-refractivity contribution in [2.24, 2.45) is 5.73 Å². The van der Waals surface area contributed by atoms with E-state index in [-0.39, 0.29) is 0 Å². The second-order valence-electron chi connectivity index (χ2n) is 2.92. The predicted molar refractivity (Wildman–Crippen MR) is 60.3 cm³/mol. The van der Waals surface area contributed by atoms with E-state index in [9.17, 15) is 4.57 Å². The van der Waals surface area contributed by atoms with Crippen LogP contribution in [-0.2, 0) is 4.57 Å². The van der Waals surface area contributed by atoms with Crippen molar-refractivity contribution in [3.05, 3.63) is 0 Å². The molecule has 0 atom stereocenters. The van der Waals surface area contributed by atoms with Crippen LogP contribution in [-0.4, -0.2) is 35.2 Å². The van der Waals surface area contributed by atoms with Gasteiger partial charge in [0.25, 0.3) is 0 Å². The van der Waals surface area contributed by atoms with Gasteiger partial charge >= 0.3 is 6.80 Å². The van der Waals surface area contributed by atoms with Gasteiger partial charge in [-0.25, -0.2) is 4.57 Å². The smallest absolute Gasteiger partial charge is 0.330 e. The van der Waals surface area contributed by atoms with E-state index in [1.807, 2.05) is 0 Å². The molecule has 0 aromatic carbocycles. The lowest BCUT2D eigenvalue weighted by molar-refractivity contribution is 0.397. The van der Waals surface area contributed by atoms with Gasteiger partial charge in [-0.1, -0.05) is 0 Å². The normalized spacial score (nSPS) is 11.9. The number of nitrogens with two attached hydrogens (primary N) is 1. The molecule has 86 valence electrons. The van der Waals surface area contributed by atoms with Crippen molar-refractivity contribution in [3.8, 4) is 0 Å². The summed E-state index contributed by atoms with van der Waals surface area (Å²) in [5, 5.41) is 3.18. The van der Waals surface area contributed by atoms with Gasteiger partial charge in [0, 0.05) is 5.75 Å². The average molecular weight is 242 g/mol. The van der Waals surface area contributed by atoms with Gasteiger partial charge in [0.2, 0.25) is 0 Å². The summed E-state index contributed by atoms with van der Waals surface area (Å²) in [6.07, 6.45) is 2.85. The van der Waals surface area contributed by atoms with Crippen LogP contribution in [0.1, 0.15) is 19.3 Å². The highest BCUT2D eigenvalue weighted by Crippen LogP contribution is 2.50. The first kappa shape index (κ1) is 14.4. The maximum absolute atomic E-state index is 10.4. The Hall–Kier alpha value is 0.420. The topological polar surface area (TPSA) is 95.6 Å². The van der Waals surface area contributed by atoms with Crippen LogP contribution in [0.2, 0.25) is 0 Å². The van der Waals surface area contributed by atoms with Gasteiger partial charge in [-0.2, -0.15) is 0 Å². The van der Waals surface area contributed by atoms with Crippen molar-refractivity contribution >= 4 is 18.2 Å². The predicted octanol–water partition coefficient (Wildman–Crippen LogP) is 0.531. The molecule has 0 rings (SSSR count). The van der Waals surface area contributed by atoms with E-state index in [0.717, 1.165) is 38.9 Å². The highest BCUT2D eigenvalue weighted by atomic mass is 32.7. The molecule has 0 amide bonds. The Kier molecular flexibility index (Phi) is 8.97. The lowest BCUT2D eigenvalue weighted by Gasteiger charge is -2.04. The molecule has 0 aliphatic rings. The third kappa shape index (κ3) is 12.4. The maximum atomic E-state index is 10.4. The molecule has 5 N–H and O–H groups in total. The minimum Gasteiger partial charge on any atom is -0.330 e. The molecule has 0 aliphatic carbocycles. The molecule has 0 radical (unpaired) electrons. The van der Waals surface area contributed by atoms with E-state index >= 15 is 0 Å². The van der Waals surface area contributed by atoms with Gasteiger partial charge < -0.3 is 20.8 Å². The fourth-order valence-electron chi connectivity index (χ4n) is 0.900. The Bertz CT molecular complexity index is 176. The number of hydrogen-bond donors (Lipinski definition) is 4. The Morgan fingerprint density at radius 3 is 2.43 bits per heavy atom. The molecule has 0 aromatic heterocycles. The second-order valence-corrected chi connectivity index (χ2v) is 6.77. The van der Waals surface area contributed by atoms with Crippen LogP contribution in [0.15, 0.2) is 0 Å². The second kappa shape index (κ2) is 8.71. The minimum atomic E-state index is -3.86. The molecule has 7 heteroatoms. The maximum Gasteiger partial charge on any atom is 0.383 e. The Morgan fingerprint density at radius 1 is 1.21 bits per heavy atom. The van der Waals surface area contributed by atoms with Crippen molar-refractivity contribution < 1.29 is 14.4 Å². The van der Waals surface area contributed by atoms with E-state index in [0.29, 0.717) is 17.1 Å². The number of nitrogens with one attached hydrogen (secondary N) is 1. The van der Waals surface area contributed by atoms with Gasteiger partial charge in [-0.05, 0) is 50.3 Å². The largest absolute Gasteiger partial charge is 0.383 e. The number of unbranched alkanes of at least 4 members (excludes halogenated alkanes) is 1. The molecule has 0 aromatic rings. The zero-order valence-corrected chi connectivity index (χ0v) is 9.90. The first-order chi connectivity index (χ1) is 6.56. The third-order valence-electron chi connectivity index (χ3n) is 1.57. The molecule has 0 fully saturated rings. The molecular weight excluding hydrogens is 223 g/mol. The molecular formula is C7H19N2O3PS. The van der Waals surface area contributed by atoms with Crippen LogP contribution in [0.5, 0.6) is 0 Å². The average Bonchev–Trinajstić information content (AvgIpc) is 2.08. The van der Waals surface area contributed by atoms with Crippen molar-refractivity contribution in [1.82, 2.24) is 5.32 Å². The number of rotatable bonds is 9. The summed E-state index contributed by atoms with van der Waals surface area (Å²) in [5.74, 6) is 0.494. The molecule has 0 spiro atoms. The van der Waals surface area contributed by atoms with E-state index in [1.54, 1.807) is 0 Å². The zero-order chi connectivity index (χ0) is 10.9. The van der Waals surface area contributed by atoms with Crippen LogP contribution in [0.25, 0.3) is 0 Å². The summed E-state index contributed by atoms with van der Waals surface area (Å²) in [5.41, 5.74) is 5.32. The van der Waals surface area contributed by atoms with Crippen LogP contribution < -0.4 is 11.1 Å². The summed E-state index contributed by atoms with van der Waals surface area (Å²) in [7, 11) is 0. The molecule has 0 unspecified atom stereocenters. The molecule has 0 saturated heterocycles. The highest BCUT2D eigenvalue weighted by Gasteiger charge is 2.11. The summed E-state index contributed by atoms with van der Waals surface area (Å²) >= 11 is 0.709. The first-order valence-corrected chi connectivity index (χ1v) is 7.87. The van der Waals surface area contributed by atoms with Gasteiger partial charge in [0.05, 0.1) is 0 Å². The summed E-state index contributed by atoms with van der Waals surface area (Å²) in [6.45, 7) is -1.41. The summed E-state index contributed by atoms with van der Waals surface area (Å²) < 4.78 is 10.4. The van der Waals surface area contributed by atoms with Gasteiger partial charge in [0.15, 0.2) is 0 Å². The van der Waals surface area contributed by atoms with Crippen LogP contribution in [0.4, 0.5) is 0 Å². The fourth-order valence-corrected chi connectivity index (χ4v) is 2.51. The first-order valence-electron chi connectivity index (χ1n) is 4.67. The van der Waals surface area contributed by atoms with Gasteiger partial charge in [-0.3, -0.25) is 0 Å². The van der Waals surface area contributed by atoms with Crippen molar-refractivity contribution in [2.75, 3.05) is 25.4 Å². The SMILES string of the molecule is NCCCCNCCCSP(=O)(O)O. The van der Waals surface area contributed by atoms with Gasteiger partial charge in [-0.15, -0.1) is 0 Å². The van der Waals surface area contributed by atoms with Crippen molar-refractivity contribution in [2.45, 2.75) is 19.3 Å². The molecule has 0 aliphatic heterocycles. The van der Waals surface area contributed by atoms with E-state index in [4.69, 9.17) is 15.5 Å². The quantitative estimate of drug-likeness (QED) is 0.348. The van der Waals surface area contributed by atoms with Gasteiger partial charge in [0.1, 0.15) is 0 Å².